The van der Waals surface area contributed by atoms with Crippen molar-refractivity contribution in [3.63, 3.8) is 0 Å². The molecule has 0 spiro atoms. The number of ether oxygens (including phenoxy) is 2. The minimum atomic E-state index is -0.577. The average molecular weight is 466 g/mol. The van der Waals surface area contributed by atoms with Gasteiger partial charge in [0.15, 0.2) is 18.1 Å². The van der Waals surface area contributed by atoms with Crippen LogP contribution in [0.5, 0.6) is 11.5 Å². The Morgan fingerprint density at radius 3 is 2.50 bits per heavy atom. The first-order valence-electron chi connectivity index (χ1n) is 11.3. The second kappa shape index (κ2) is 12.4. The van der Waals surface area contributed by atoms with Gasteiger partial charge in [0, 0.05) is 31.6 Å². The van der Waals surface area contributed by atoms with Crippen LogP contribution in [0, 0.1) is 0 Å². The van der Waals surface area contributed by atoms with Crippen LogP contribution in [0.4, 0.5) is 0 Å². The number of nitrogens with two attached hydrogens (primary N) is 1. The first-order valence-corrected chi connectivity index (χ1v) is 11.3. The lowest BCUT2D eigenvalue weighted by molar-refractivity contribution is -0.127. The van der Waals surface area contributed by atoms with Crippen LogP contribution < -0.4 is 20.5 Å². The number of nitrogens with one attached hydrogen (secondary N) is 1. The zero-order chi connectivity index (χ0) is 24.3. The summed E-state index contributed by atoms with van der Waals surface area (Å²) in [5.74, 6) is 0.233. The fourth-order valence-electron chi connectivity index (χ4n) is 3.78. The molecule has 3 amide bonds. The van der Waals surface area contributed by atoms with Gasteiger partial charge in [0.2, 0.25) is 11.8 Å². The molecule has 2 aromatic rings. The van der Waals surface area contributed by atoms with Crippen molar-refractivity contribution in [3.05, 3.63) is 65.7 Å². The molecule has 0 atom stereocenters. The Hall–Kier alpha value is -3.81. The van der Waals surface area contributed by atoms with Gasteiger partial charge < -0.3 is 25.4 Å². The van der Waals surface area contributed by atoms with E-state index in [1.54, 1.807) is 29.2 Å². The highest BCUT2D eigenvalue weighted by Crippen LogP contribution is 2.28. The van der Waals surface area contributed by atoms with Gasteiger partial charge >= 0.3 is 0 Å². The number of methoxy groups -OCH3 is 1. The molecule has 0 unspecified atom stereocenters. The molecule has 2 aromatic carbocycles. The van der Waals surface area contributed by atoms with E-state index in [1.807, 2.05) is 30.3 Å². The van der Waals surface area contributed by atoms with Gasteiger partial charge in [0.1, 0.15) is 0 Å². The molecule has 0 bridgehead atoms. The maximum absolute atomic E-state index is 12.6. The van der Waals surface area contributed by atoms with Crippen molar-refractivity contribution < 1.29 is 23.9 Å². The van der Waals surface area contributed by atoms with Crippen molar-refractivity contribution >= 4 is 23.8 Å². The van der Waals surface area contributed by atoms with Crippen molar-refractivity contribution in [3.8, 4) is 11.5 Å². The molecule has 0 aromatic heterocycles. The Balaban J connectivity index is 1.44. The number of nitrogens with zero attached hydrogens (tertiary/aromatic N) is 1. The minimum absolute atomic E-state index is 0.0470. The number of primary amides is 1. The lowest BCUT2D eigenvalue weighted by Gasteiger charge is -2.31. The highest BCUT2D eigenvalue weighted by Gasteiger charge is 2.22. The molecule has 1 heterocycles. The largest absolute Gasteiger partial charge is 0.493 e. The third-order valence-corrected chi connectivity index (χ3v) is 5.63. The van der Waals surface area contributed by atoms with E-state index >= 15 is 0 Å². The molecule has 1 aliphatic heterocycles. The van der Waals surface area contributed by atoms with Crippen LogP contribution in [0.15, 0.2) is 54.6 Å². The fraction of sp³-hybridized carbons (Fsp3) is 0.346. The number of carbonyl (C=O) groups excluding carboxylic acids is 3. The highest BCUT2D eigenvalue weighted by molar-refractivity contribution is 5.92. The van der Waals surface area contributed by atoms with Gasteiger partial charge in [-0.15, -0.1) is 0 Å². The summed E-state index contributed by atoms with van der Waals surface area (Å²) < 4.78 is 10.6. The summed E-state index contributed by atoms with van der Waals surface area (Å²) in [7, 11) is 1.50. The van der Waals surface area contributed by atoms with Gasteiger partial charge in [-0.2, -0.15) is 0 Å². The number of amides is 3. The minimum Gasteiger partial charge on any atom is -0.493 e. The number of hydrogen-bond donors (Lipinski definition) is 2. The molecule has 8 heteroatoms. The van der Waals surface area contributed by atoms with Crippen molar-refractivity contribution in [2.24, 2.45) is 5.73 Å². The molecular formula is C26H31N3O5. The fourth-order valence-corrected chi connectivity index (χ4v) is 3.78. The lowest BCUT2D eigenvalue weighted by Crippen LogP contribution is -2.46. The summed E-state index contributed by atoms with van der Waals surface area (Å²) in [5, 5.41) is 3.09. The molecule has 0 saturated carbocycles. The smallest absolute Gasteiger partial charge is 0.255 e. The summed E-state index contributed by atoms with van der Waals surface area (Å²) in [6.45, 7) is 0.944. The van der Waals surface area contributed by atoms with E-state index in [-0.39, 0.29) is 24.5 Å². The highest BCUT2D eigenvalue weighted by atomic mass is 16.5. The third-order valence-electron chi connectivity index (χ3n) is 5.63. The third kappa shape index (κ3) is 7.65. The van der Waals surface area contributed by atoms with E-state index in [2.05, 4.69) is 5.32 Å². The summed E-state index contributed by atoms with van der Waals surface area (Å²) in [4.78, 5) is 37.6. The molecule has 1 aliphatic rings. The number of likely N-dealkylation sites (tertiary alicyclic amines) is 1. The molecule has 3 rings (SSSR count). The van der Waals surface area contributed by atoms with Gasteiger partial charge in [-0.05, 0) is 48.6 Å². The first-order chi connectivity index (χ1) is 16.4. The standard InChI is InChI=1S/C26H31N3O5/c1-33-23-17-20(7-10-22(23)34-18-24(27)30)9-12-26(32)29-15-13-21(14-16-29)28-25(31)11-8-19-5-3-2-4-6-19/h2-7,9-10,12,17,21H,8,11,13-16,18H2,1H3,(H2,27,30)(H,28,31). The maximum Gasteiger partial charge on any atom is 0.255 e. The number of rotatable bonds is 10. The molecule has 0 radical (unpaired) electrons. The van der Waals surface area contributed by atoms with Gasteiger partial charge in [-0.1, -0.05) is 36.4 Å². The molecule has 34 heavy (non-hydrogen) atoms. The number of benzene rings is 2. The normalized spacial score (nSPS) is 14.1. The molecule has 0 aliphatic carbocycles. The van der Waals surface area contributed by atoms with Crippen LogP contribution in [0.3, 0.4) is 0 Å². The van der Waals surface area contributed by atoms with Crippen LogP contribution in [-0.4, -0.2) is 55.5 Å². The van der Waals surface area contributed by atoms with E-state index in [4.69, 9.17) is 15.2 Å². The zero-order valence-corrected chi connectivity index (χ0v) is 19.4. The predicted octanol–water partition coefficient (Wildman–Crippen LogP) is 2.31. The topological polar surface area (TPSA) is 111 Å². The molecular weight excluding hydrogens is 434 g/mol. The van der Waals surface area contributed by atoms with Gasteiger partial charge in [0.05, 0.1) is 7.11 Å². The van der Waals surface area contributed by atoms with Crippen molar-refractivity contribution in [1.82, 2.24) is 10.2 Å². The Morgan fingerprint density at radius 1 is 1.09 bits per heavy atom. The number of piperidine rings is 1. The van der Waals surface area contributed by atoms with Crippen molar-refractivity contribution in [1.29, 1.82) is 0 Å². The Kier molecular flexibility index (Phi) is 9.08. The van der Waals surface area contributed by atoms with Crippen molar-refractivity contribution in [2.75, 3.05) is 26.8 Å². The summed E-state index contributed by atoms with van der Waals surface area (Å²) in [6, 6.07) is 15.2. The van der Waals surface area contributed by atoms with E-state index in [0.717, 1.165) is 30.4 Å². The van der Waals surface area contributed by atoms with Crippen LogP contribution in [0.25, 0.3) is 6.08 Å². The second-order valence-electron chi connectivity index (χ2n) is 8.15. The Labute approximate surface area is 199 Å². The van der Waals surface area contributed by atoms with Crippen molar-refractivity contribution in [2.45, 2.75) is 31.7 Å². The van der Waals surface area contributed by atoms with E-state index < -0.39 is 5.91 Å². The maximum atomic E-state index is 12.6. The van der Waals surface area contributed by atoms with Gasteiger partial charge in [0.25, 0.3) is 5.91 Å². The zero-order valence-electron chi connectivity index (χ0n) is 19.4. The van der Waals surface area contributed by atoms with Crippen LogP contribution in [0.2, 0.25) is 0 Å². The summed E-state index contributed by atoms with van der Waals surface area (Å²) in [6.07, 6.45) is 5.88. The Morgan fingerprint density at radius 2 is 1.82 bits per heavy atom. The number of hydrogen-bond acceptors (Lipinski definition) is 5. The van der Waals surface area contributed by atoms with Crippen LogP contribution in [0.1, 0.15) is 30.4 Å². The van der Waals surface area contributed by atoms with E-state index in [0.29, 0.717) is 31.0 Å². The van der Waals surface area contributed by atoms with Gasteiger partial charge in [-0.3, -0.25) is 14.4 Å². The molecule has 8 nitrogen and oxygen atoms in total. The number of aryl methyl sites for hydroxylation is 1. The van der Waals surface area contributed by atoms with Crippen LogP contribution >= 0.6 is 0 Å². The second-order valence-corrected chi connectivity index (χ2v) is 8.15. The molecule has 3 N–H and O–H groups in total. The average Bonchev–Trinajstić information content (AvgIpc) is 2.86. The lowest BCUT2D eigenvalue weighted by atomic mass is 10.0. The first kappa shape index (κ1) is 24.8. The number of carbonyl (C=O) groups is 3. The predicted molar refractivity (Wildman–Crippen MR) is 129 cm³/mol. The summed E-state index contributed by atoms with van der Waals surface area (Å²) >= 11 is 0. The Bertz CT molecular complexity index is 1010. The summed E-state index contributed by atoms with van der Waals surface area (Å²) in [5.41, 5.74) is 7.01. The SMILES string of the molecule is COc1cc(C=CC(=O)N2CCC(NC(=O)CCc3ccccc3)CC2)ccc1OCC(N)=O. The quantitative estimate of drug-likeness (QED) is 0.523. The van der Waals surface area contributed by atoms with E-state index in [9.17, 15) is 14.4 Å². The molecule has 180 valence electrons. The van der Waals surface area contributed by atoms with Crippen LogP contribution in [-0.2, 0) is 20.8 Å². The van der Waals surface area contributed by atoms with E-state index in [1.165, 1.54) is 13.2 Å². The molecule has 1 fully saturated rings. The molecule has 1 saturated heterocycles. The monoisotopic (exact) mass is 465 g/mol. The van der Waals surface area contributed by atoms with Gasteiger partial charge in [-0.25, -0.2) is 0 Å².